The second-order valence-corrected chi connectivity index (χ2v) is 4.68. The molecule has 21 heavy (non-hydrogen) atoms. The fourth-order valence-corrected chi connectivity index (χ4v) is 2.26. The van der Waals surface area contributed by atoms with E-state index in [1.807, 2.05) is 18.2 Å². The minimum absolute atomic E-state index is 0.170. The standard InChI is InChI=1S/C17H14N2O2/c20-15-7-2-1-5-12(15)11-14-13(6-3-8-16(14)21)17-18-9-4-10-19-17/h1-10,20-21H,11H2. The fourth-order valence-electron chi connectivity index (χ4n) is 2.26. The Balaban J connectivity index is 2.08. The lowest BCUT2D eigenvalue weighted by molar-refractivity contribution is 0.463. The van der Waals surface area contributed by atoms with E-state index >= 15 is 0 Å². The molecular formula is C17H14N2O2. The summed E-state index contributed by atoms with van der Waals surface area (Å²) in [5.41, 5.74) is 2.21. The molecule has 0 spiro atoms. The molecule has 0 aliphatic rings. The summed E-state index contributed by atoms with van der Waals surface area (Å²) in [6, 6.07) is 14.1. The third-order valence-corrected chi connectivity index (χ3v) is 3.32. The molecule has 0 amide bonds. The van der Waals surface area contributed by atoms with Crippen molar-refractivity contribution in [1.29, 1.82) is 0 Å². The molecule has 0 aliphatic carbocycles. The second kappa shape index (κ2) is 5.63. The number of aromatic hydroxyl groups is 2. The summed E-state index contributed by atoms with van der Waals surface area (Å²) in [4.78, 5) is 8.46. The zero-order chi connectivity index (χ0) is 14.7. The number of phenolic OH excluding ortho intramolecular Hbond substituents is 2. The van der Waals surface area contributed by atoms with E-state index < -0.39 is 0 Å². The Labute approximate surface area is 122 Å². The number of phenols is 2. The number of nitrogens with zero attached hydrogens (tertiary/aromatic N) is 2. The Bertz CT molecular complexity index is 758. The number of hydrogen-bond acceptors (Lipinski definition) is 4. The van der Waals surface area contributed by atoms with Gasteiger partial charge in [0.2, 0.25) is 0 Å². The first-order valence-electron chi connectivity index (χ1n) is 6.61. The average Bonchev–Trinajstić information content (AvgIpc) is 2.52. The lowest BCUT2D eigenvalue weighted by Crippen LogP contribution is -1.96. The molecule has 1 heterocycles. The summed E-state index contributed by atoms with van der Waals surface area (Å²) in [7, 11) is 0. The Kier molecular flexibility index (Phi) is 3.51. The number of hydrogen-bond donors (Lipinski definition) is 2. The first-order chi connectivity index (χ1) is 10.3. The van der Waals surface area contributed by atoms with Crippen LogP contribution in [0.15, 0.2) is 60.9 Å². The summed E-state index contributed by atoms with van der Waals surface area (Å²) in [5, 5.41) is 20.1. The second-order valence-electron chi connectivity index (χ2n) is 4.68. The molecule has 0 radical (unpaired) electrons. The smallest absolute Gasteiger partial charge is 0.159 e. The van der Waals surface area contributed by atoms with Crippen LogP contribution in [0.5, 0.6) is 11.5 Å². The molecular weight excluding hydrogens is 264 g/mol. The van der Waals surface area contributed by atoms with Crippen molar-refractivity contribution < 1.29 is 10.2 Å². The molecule has 0 bridgehead atoms. The Morgan fingerprint density at radius 3 is 2.24 bits per heavy atom. The van der Waals surface area contributed by atoms with Gasteiger partial charge in [-0.2, -0.15) is 0 Å². The van der Waals surface area contributed by atoms with Crippen molar-refractivity contribution in [1.82, 2.24) is 9.97 Å². The van der Waals surface area contributed by atoms with Gasteiger partial charge in [0.1, 0.15) is 11.5 Å². The van der Waals surface area contributed by atoms with Gasteiger partial charge in [0.05, 0.1) is 0 Å². The van der Waals surface area contributed by atoms with E-state index in [-0.39, 0.29) is 11.5 Å². The molecule has 104 valence electrons. The van der Waals surface area contributed by atoms with Crippen LogP contribution in [0, 0.1) is 0 Å². The zero-order valence-corrected chi connectivity index (χ0v) is 11.3. The van der Waals surface area contributed by atoms with Gasteiger partial charge in [0.25, 0.3) is 0 Å². The van der Waals surface area contributed by atoms with Crippen LogP contribution in [-0.2, 0) is 6.42 Å². The van der Waals surface area contributed by atoms with Gasteiger partial charge in [-0.3, -0.25) is 0 Å². The first-order valence-corrected chi connectivity index (χ1v) is 6.61. The van der Waals surface area contributed by atoms with Gasteiger partial charge in [0, 0.05) is 29.9 Å². The zero-order valence-electron chi connectivity index (χ0n) is 11.3. The van der Waals surface area contributed by atoms with Crippen LogP contribution in [-0.4, -0.2) is 20.2 Å². The molecule has 4 heteroatoms. The SMILES string of the molecule is Oc1ccccc1Cc1c(O)cccc1-c1ncccn1. The lowest BCUT2D eigenvalue weighted by Gasteiger charge is -2.11. The highest BCUT2D eigenvalue weighted by molar-refractivity contribution is 5.65. The quantitative estimate of drug-likeness (QED) is 0.772. The van der Waals surface area contributed by atoms with E-state index in [2.05, 4.69) is 9.97 Å². The van der Waals surface area contributed by atoms with Crippen molar-refractivity contribution in [2.24, 2.45) is 0 Å². The van der Waals surface area contributed by atoms with Gasteiger partial charge >= 0.3 is 0 Å². The van der Waals surface area contributed by atoms with Crippen molar-refractivity contribution in [2.45, 2.75) is 6.42 Å². The lowest BCUT2D eigenvalue weighted by atomic mass is 9.97. The summed E-state index contributed by atoms with van der Waals surface area (Å²) >= 11 is 0. The molecule has 0 unspecified atom stereocenters. The number of aromatic nitrogens is 2. The summed E-state index contributed by atoms with van der Waals surface area (Å²) < 4.78 is 0. The number of para-hydroxylation sites is 1. The molecule has 0 saturated carbocycles. The van der Waals surface area contributed by atoms with Crippen molar-refractivity contribution in [3.05, 3.63) is 72.1 Å². The van der Waals surface area contributed by atoms with Crippen LogP contribution >= 0.6 is 0 Å². The maximum absolute atomic E-state index is 10.2. The molecule has 2 aromatic carbocycles. The monoisotopic (exact) mass is 278 g/mol. The van der Waals surface area contributed by atoms with E-state index in [1.54, 1.807) is 42.7 Å². The molecule has 4 nitrogen and oxygen atoms in total. The molecule has 0 aliphatic heterocycles. The van der Waals surface area contributed by atoms with Gasteiger partial charge in [0.15, 0.2) is 5.82 Å². The molecule has 0 fully saturated rings. The molecule has 3 rings (SSSR count). The highest BCUT2D eigenvalue weighted by Crippen LogP contribution is 2.31. The number of benzene rings is 2. The van der Waals surface area contributed by atoms with Crippen molar-refractivity contribution in [3.8, 4) is 22.9 Å². The Hall–Kier alpha value is -2.88. The van der Waals surface area contributed by atoms with Crippen molar-refractivity contribution >= 4 is 0 Å². The normalized spacial score (nSPS) is 10.5. The Morgan fingerprint density at radius 2 is 1.48 bits per heavy atom. The minimum atomic E-state index is 0.170. The van der Waals surface area contributed by atoms with Crippen LogP contribution in [0.25, 0.3) is 11.4 Å². The highest BCUT2D eigenvalue weighted by Gasteiger charge is 2.13. The van der Waals surface area contributed by atoms with Gasteiger partial charge in [-0.1, -0.05) is 30.3 Å². The fraction of sp³-hybridized carbons (Fsp3) is 0.0588. The predicted octanol–water partition coefficient (Wildman–Crippen LogP) is 3.15. The predicted molar refractivity (Wildman–Crippen MR) is 80.0 cm³/mol. The van der Waals surface area contributed by atoms with Gasteiger partial charge in [-0.15, -0.1) is 0 Å². The molecule has 0 saturated heterocycles. The van der Waals surface area contributed by atoms with Gasteiger partial charge in [-0.25, -0.2) is 9.97 Å². The first kappa shape index (κ1) is 13.1. The summed E-state index contributed by atoms with van der Waals surface area (Å²) in [5.74, 6) is 0.933. The van der Waals surface area contributed by atoms with E-state index in [0.717, 1.165) is 11.1 Å². The van der Waals surface area contributed by atoms with Crippen LogP contribution < -0.4 is 0 Å². The van der Waals surface area contributed by atoms with E-state index in [9.17, 15) is 10.2 Å². The van der Waals surface area contributed by atoms with Crippen LogP contribution in [0.3, 0.4) is 0 Å². The van der Waals surface area contributed by atoms with E-state index in [0.29, 0.717) is 17.8 Å². The maximum Gasteiger partial charge on any atom is 0.159 e. The van der Waals surface area contributed by atoms with Crippen LogP contribution in [0.4, 0.5) is 0 Å². The van der Waals surface area contributed by atoms with Gasteiger partial charge in [-0.05, 0) is 23.8 Å². The van der Waals surface area contributed by atoms with E-state index in [1.165, 1.54) is 0 Å². The summed E-state index contributed by atoms with van der Waals surface area (Å²) in [6.45, 7) is 0. The molecule has 1 aromatic heterocycles. The van der Waals surface area contributed by atoms with Crippen LogP contribution in [0.1, 0.15) is 11.1 Å². The highest BCUT2D eigenvalue weighted by atomic mass is 16.3. The van der Waals surface area contributed by atoms with Crippen LogP contribution in [0.2, 0.25) is 0 Å². The average molecular weight is 278 g/mol. The molecule has 0 atom stereocenters. The summed E-state index contributed by atoms with van der Waals surface area (Å²) in [6.07, 6.45) is 3.74. The largest absolute Gasteiger partial charge is 0.508 e. The van der Waals surface area contributed by atoms with Crippen molar-refractivity contribution in [3.63, 3.8) is 0 Å². The topological polar surface area (TPSA) is 66.2 Å². The van der Waals surface area contributed by atoms with Crippen molar-refractivity contribution in [2.75, 3.05) is 0 Å². The number of rotatable bonds is 3. The molecule has 3 aromatic rings. The Morgan fingerprint density at radius 1 is 0.762 bits per heavy atom. The van der Waals surface area contributed by atoms with E-state index in [4.69, 9.17) is 0 Å². The molecule has 2 N–H and O–H groups in total. The van der Waals surface area contributed by atoms with Gasteiger partial charge < -0.3 is 10.2 Å². The third-order valence-electron chi connectivity index (χ3n) is 3.32. The third kappa shape index (κ3) is 2.69. The maximum atomic E-state index is 10.2. The minimum Gasteiger partial charge on any atom is -0.508 e.